The molecule has 2 aromatic rings. The third-order valence-electron chi connectivity index (χ3n) is 2.57. The van der Waals surface area contributed by atoms with Crippen LogP contribution in [-0.4, -0.2) is 14.7 Å². The van der Waals surface area contributed by atoms with Crippen molar-refractivity contribution in [2.75, 3.05) is 0 Å². The number of hydrogen-bond donors (Lipinski definition) is 1. The Kier molecular flexibility index (Phi) is 3.86. The standard InChI is InChI=1S/C13H16N2OS/c1-9(2)6-10-4-3-5-11(7-10)13(16)12-8-17-15-14-12/h3-5,7-9,13,16H,6H2,1-2H3. The first kappa shape index (κ1) is 12.2. The maximum atomic E-state index is 10.1. The zero-order valence-corrected chi connectivity index (χ0v) is 10.8. The van der Waals surface area contributed by atoms with Gasteiger partial charge in [0.2, 0.25) is 0 Å². The molecule has 0 spiro atoms. The molecule has 3 nitrogen and oxygen atoms in total. The lowest BCUT2D eigenvalue weighted by Crippen LogP contribution is -2.02. The third kappa shape index (κ3) is 3.11. The van der Waals surface area contributed by atoms with E-state index in [2.05, 4.69) is 29.5 Å². The van der Waals surface area contributed by atoms with Crippen molar-refractivity contribution < 1.29 is 5.11 Å². The summed E-state index contributed by atoms with van der Waals surface area (Å²) in [4.78, 5) is 0. The van der Waals surface area contributed by atoms with E-state index in [4.69, 9.17) is 0 Å². The summed E-state index contributed by atoms with van der Waals surface area (Å²) >= 11 is 1.26. The quantitative estimate of drug-likeness (QED) is 0.905. The zero-order valence-electron chi connectivity index (χ0n) is 10.00. The van der Waals surface area contributed by atoms with Crippen LogP contribution in [-0.2, 0) is 6.42 Å². The fourth-order valence-corrected chi connectivity index (χ4v) is 2.30. The van der Waals surface area contributed by atoms with Gasteiger partial charge in [-0.15, -0.1) is 5.10 Å². The number of nitrogens with zero attached hydrogens (tertiary/aromatic N) is 2. The molecule has 1 heterocycles. The van der Waals surface area contributed by atoms with E-state index < -0.39 is 6.10 Å². The summed E-state index contributed by atoms with van der Waals surface area (Å²) in [6.07, 6.45) is 0.358. The van der Waals surface area contributed by atoms with Crippen LogP contribution in [0.3, 0.4) is 0 Å². The minimum absolute atomic E-state index is 0.614. The smallest absolute Gasteiger partial charge is 0.124 e. The Labute approximate surface area is 105 Å². The monoisotopic (exact) mass is 248 g/mol. The van der Waals surface area contributed by atoms with Crippen LogP contribution in [0.25, 0.3) is 0 Å². The Bertz CT molecular complexity index is 468. The van der Waals surface area contributed by atoms with Gasteiger partial charge in [0, 0.05) is 5.38 Å². The van der Waals surface area contributed by atoms with Gasteiger partial charge in [-0.2, -0.15) is 0 Å². The van der Waals surface area contributed by atoms with Crippen molar-refractivity contribution in [1.82, 2.24) is 9.59 Å². The highest BCUT2D eigenvalue weighted by molar-refractivity contribution is 7.03. The lowest BCUT2D eigenvalue weighted by Gasteiger charge is -2.11. The highest BCUT2D eigenvalue weighted by atomic mass is 32.1. The molecule has 17 heavy (non-hydrogen) atoms. The molecule has 0 aliphatic rings. The minimum atomic E-state index is -0.666. The number of benzene rings is 1. The van der Waals surface area contributed by atoms with Crippen LogP contribution in [0.1, 0.15) is 36.8 Å². The molecule has 1 atom stereocenters. The molecule has 0 bridgehead atoms. The van der Waals surface area contributed by atoms with Crippen molar-refractivity contribution in [3.05, 3.63) is 46.5 Å². The zero-order chi connectivity index (χ0) is 12.3. The molecule has 1 aromatic heterocycles. The van der Waals surface area contributed by atoms with Crippen molar-refractivity contribution in [2.24, 2.45) is 5.92 Å². The van der Waals surface area contributed by atoms with Crippen LogP contribution < -0.4 is 0 Å². The number of aromatic nitrogens is 2. The number of hydrogen-bond acceptors (Lipinski definition) is 4. The first-order valence-electron chi connectivity index (χ1n) is 5.70. The van der Waals surface area contributed by atoms with Crippen molar-refractivity contribution in [3.8, 4) is 0 Å². The lowest BCUT2D eigenvalue weighted by atomic mass is 9.98. The predicted molar refractivity (Wildman–Crippen MR) is 69.0 cm³/mol. The maximum absolute atomic E-state index is 10.1. The second kappa shape index (κ2) is 5.38. The third-order valence-corrected chi connectivity index (χ3v) is 3.09. The molecule has 1 N–H and O–H groups in total. The van der Waals surface area contributed by atoms with E-state index in [9.17, 15) is 5.11 Å². The van der Waals surface area contributed by atoms with E-state index >= 15 is 0 Å². The van der Waals surface area contributed by atoms with Crippen molar-refractivity contribution in [1.29, 1.82) is 0 Å². The van der Waals surface area contributed by atoms with Gasteiger partial charge in [-0.25, -0.2) is 0 Å². The lowest BCUT2D eigenvalue weighted by molar-refractivity contribution is 0.215. The largest absolute Gasteiger partial charge is 0.382 e. The SMILES string of the molecule is CC(C)Cc1cccc(C(O)c2csnn2)c1. The molecule has 1 unspecified atom stereocenters. The predicted octanol–water partition coefficient (Wildman–Crippen LogP) is 2.82. The molecule has 0 saturated carbocycles. The molecule has 2 rings (SSSR count). The summed E-state index contributed by atoms with van der Waals surface area (Å²) in [7, 11) is 0. The Morgan fingerprint density at radius 2 is 2.18 bits per heavy atom. The molecule has 0 amide bonds. The summed E-state index contributed by atoms with van der Waals surface area (Å²) < 4.78 is 3.77. The van der Waals surface area contributed by atoms with Crippen molar-refractivity contribution >= 4 is 11.5 Å². The Morgan fingerprint density at radius 1 is 1.35 bits per heavy atom. The van der Waals surface area contributed by atoms with Crippen LogP contribution in [0.5, 0.6) is 0 Å². The van der Waals surface area contributed by atoms with Crippen LogP contribution in [0, 0.1) is 5.92 Å². The van der Waals surface area contributed by atoms with Crippen molar-refractivity contribution in [3.63, 3.8) is 0 Å². The minimum Gasteiger partial charge on any atom is -0.382 e. The summed E-state index contributed by atoms with van der Waals surface area (Å²) in [6, 6.07) is 8.05. The number of rotatable bonds is 4. The van der Waals surface area contributed by atoms with Gasteiger partial charge in [0.05, 0.1) is 0 Å². The molecule has 0 radical (unpaired) electrons. The molecular weight excluding hydrogens is 232 g/mol. The second-order valence-corrected chi connectivity index (χ2v) is 5.19. The van der Waals surface area contributed by atoms with Gasteiger partial charge in [0.1, 0.15) is 11.8 Å². The average Bonchev–Trinajstić information content (AvgIpc) is 2.81. The molecule has 0 fully saturated rings. The van der Waals surface area contributed by atoms with Crippen molar-refractivity contribution in [2.45, 2.75) is 26.4 Å². The normalized spacial score (nSPS) is 12.9. The van der Waals surface area contributed by atoms with Gasteiger partial charge in [-0.05, 0) is 35.0 Å². The summed E-state index contributed by atoms with van der Waals surface area (Å²) in [5.41, 5.74) is 2.76. The summed E-state index contributed by atoms with van der Waals surface area (Å²) in [6.45, 7) is 4.38. The van der Waals surface area contributed by atoms with Crippen LogP contribution in [0.2, 0.25) is 0 Å². The molecule has 0 aliphatic heterocycles. The van der Waals surface area contributed by atoms with Gasteiger partial charge in [0.25, 0.3) is 0 Å². The number of aliphatic hydroxyl groups is 1. The van der Waals surface area contributed by atoms with Gasteiger partial charge in [-0.3, -0.25) is 0 Å². The van der Waals surface area contributed by atoms with E-state index in [-0.39, 0.29) is 0 Å². The van der Waals surface area contributed by atoms with Crippen LogP contribution in [0.4, 0.5) is 0 Å². The molecule has 1 aromatic carbocycles. The van der Waals surface area contributed by atoms with E-state index in [1.807, 2.05) is 18.2 Å². The average molecular weight is 248 g/mol. The Balaban J connectivity index is 2.21. The van der Waals surface area contributed by atoms with Gasteiger partial charge >= 0.3 is 0 Å². The molecule has 90 valence electrons. The van der Waals surface area contributed by atoms with E-state index in [0.29, 0.717) is 11.6 Å². The van der Waals surface area contributed by atoms with Crippen LogP contribution >= 0.6 is 11.5 Å². The first-order chi connectivity index (χ1) is 8.16. The van der Waals surface area contributed by atoms with Crippen LogP contribution in [0.15, 0.2) is 29.6 Å². The van der Waals surface area contributed by atoms with E-state index in [1.54, 1.807) is 5.38 Å². The maximum Gasteiger partial charge on any atom is 0.124 e. The number of aliphatic hydroxyl groups excluding tert-OH is 1. The van der Waals surface area contributed by atoms with Gasteiger partial charge in [0.15, 0.2) is 0 Å². The Morgan fingerprint density at radius 3 is 2.82 bits per heavy atom. The highest BCUT2D eigenvalue weighted by Gasteiger charge is 2.13. The molecule has 0 aliphatic carbocycles. The second-order valence-electron chi connectivity index (χ2n) is 4.58. The Hall–Kier alpha value is -1.26. The van der Waals surface area contributed by atoms with E-state index in [1.165, 1.54) is 17.1 Å². The molecule has 4 heteroatoms. The summed E-state index contributed by atoms with van der Waals surface area (Å²) in [5.74, 6) is 0.614. The molecule has 0 saturated heterocycles. The molecular formula is C13H16N2OS. The van der Waals surface area contributed by atoms with Gasteiger partial charge < -0.3 is 5.11 Å². The topological polar surface area (TPSA) is 46.0 Å². The fourth-order valence-electron chi connectivity index (χ4n) is 1.82. The fraction of sp³-hybridized carbons (Fsp3) is 0.385. The van der Waals surface area contributed by atoms with Gasteiger partial charge in [-0.1, -0.05) is 42.6 Å². The first-order valence-corrected chi connectivity index (χ1v) is 6.54. The summed E-state index contributed by atoms with van der Waals surface area (Å²) in [5, 5.41) is 15.8. The van der Waals surface area contributed by atoms with E-state index in [0.717, 1.165) is 12.0 Å². The highest BCUT2D eigenvalue weighted by Crippen LogP contribution is 2.22.